The maximum absolute atomic E-state index is 3.96. The van der Waals surface area contributed by atoms with Gasteiger partial charge < -0.3 is 5.32 Å². The normalized spacial score (nSPS) is 41.7. The predicted octanol–water partition coefficient (Wildman–Crippen LogP) is 3.77. The zero-order chi connectivity index (χ0) is 12.1. The lowest BCUT2D eigenvalue weighted by molar-refractivity contribution is 0.415. The summed E-state index contributed by atoms with van der Waals surface area (Å²) in [5.74, 6) is 4.24. The summed E-state index contributed by atoms with van der Waals surface area (Å²) in [6.45, 7) is 2.30. The van der Waals surface area contributed by atoms with Crippen molar-refractivity contribution >= 4 is 0 Å². The quantitative estimate of drug-likeness (QED) is 0.846. The molecular formula is C17H23N. The van der Waals surface area contributed by atoms with Crippen LogP contribution < -0.4 is 5.32 Å². The fourth-order valence-electron chi connectivity index (χ4n) is 4.92. The highest BCUT2D eigenvalue weighted by molar-refractivity contribution is 5.22. The van der Waals surface area contributed by atoms with E-state index >= 15 is 0 Å². The fraction of sp³-hybridized carbons (Fsp3) is 0.647. The van der Waals surface area contributed by atoms with Crippen molar-refractivity contribution in [2.45, 2.75) is 44.7 Å². The Morgan fingerprint density at radius 2 is 1.78 bits per heavy atom. The summed E-state index contributed by atoms with van der Waals surface area (Å²) in [6.07, 6.45) is 5.79. The van der Waals surface area contributed by atoms with Gasteiger partial charge in [0.05, 0.1) is 0 Å². The van der Waals surface area contributed by atoms with E-state index in [-0.39, 0.29) is 0 Å². The molecule has 3 aliphatic carbocycles. The first-order valence-corrected chi connectivity index (χ1v) is 7.69. The van der Waals surface area contributed by atoms with Crippen molar-refractivity contribution in [1.82, 2.24) is 5.32 Å². The maximum atomic E-state index is 3.96. The Balaban J connectivity index is 1.46. The molecule has 0 spiro atoms. The third-order valence-electron chi connectivity index (χ3n) is 5.74. The summed E-state index contributed by atoms with van der Waals surface area (Å²) in [7, 11) is 0. The van der Waals surface area contributed by atoms with Crippen LogP contribution in [0.1, 0.15) is 44.2 Å². The van der Waals surface area contributed by atoms with E-state index < -0.39 is 0 Å². The minimum absolute atomic E-state index is 0.571. The Morgan fingerprint density at radius 1 is 1.11 bits per heavy atom. The molecule has 1 N–H and O–H groups in total. The van der Waals surface area contributed by atoms with Crippen LogP contribution in [-0.2, 0) is 0 Å². The Hall–Kier alpha value is -0.820. The number of nitrogens with one attached hydrogen (secondary N) is 1. The average molecular weight is 241 g/mol. The van der Waals surface area contributed by atoms with Crippen LogP contribution in [0.4, 0.5) is 0 Å². The molecule has 5 atom stereocenters. The van der Waals surface area contributed by atoms with E-state index in [9.17, 15) is 0 Å². The third-order valence-corrected chi connectivity index (χ3v) is 5.74. The van der Waals surface area contributed by atoms with Crippen LogP contribution in [0, 0.1) is 23.7 Å². The molecule has 0 saturated heterocycles. The standard InChI is InChI=1S/C17H23N/c1-2-14(11-6-4-3-5-7-11)18-17-15-12-8-9-13(10-12)16(15)17/h3-7,12-18H,2,8-10H2,1H3. The van der Waals surface area contributed by atoms with Crippen LogP contribution in [0.5, 0.6) is 0 Å². The molecule has 3 saturated carbocycles. The molecule has 0 heterocycles. The topological polar surface area (TPSA) is 12.0 Å². The van der Waals surface area contributed by atoms with Gasteiger partial charge in [-0.3, -0.25) is 0 Å². The van der Waals surface area contributed by atoms with Gasteiger partial charge in [0.15, 0.2) is 0 Å². The van der Waals surface area contributed by atoms with Crippen molar-refractivity contribution < 1.29 is 0 Å². The molecule has 18 heavy (non-hydrogen) atoms. The van der Waals surface area contributed by atoms with Crippen molar-refractivity contribution in [3.8, 4) is 0 Å². The highest BCUT2D eigenvalue weighted by atomic mass is 15.0. The monoisotopic (exact) mass is 241 g/mol. The minimum atomic E-state index is 0.571. The van der Waals surface area contributed by atoms with Crippen molar-refractivity contribution in [3.05, 3.63) is 35.9 Å². The van der Waals surface area contributed by atoms with Crippen LogP contribution in [0.25, 0.3) is 0 Å². The highest BCUT2D eigenvalue weighted by Crippen LogP contribution is 2.65. The smallest absolute Gasteiger partial charge is 0.0320 e. The summed E-state index contributed by atoms with van der Waals surface area (Å²) in [4.78, 5) is 0. The molecule has 5 unspecified atom stereocenters. The van der Waals surface area contributed by atoms with E-state index in [0.717, 1.165) is 29.7 Å². The Morgan fingerprint density at radius 3 is 2.39 bits per heavy atom. The lowest BCUT2D eigenvalue weighted by Crippen LogP contribution is -2.27. The number of rotatable bonds is 4. The van der Waals surface area contributed by atoms with Crippen LogP contribution in [-0.4, -0.2) is 6.04 Å². The summed E-state index contributed by atoms with van der Waals surface area (Å²) in [5, 5.41) is 3.96. The largest absolute Gasteiger partial charge is 0.307 e. The van der Waals surface area contributed by atoms with Crippen LogP contribution in [0.3, 0.4) is 0 Å². The molecule has 0 amide bonds. The lowest BCUT2D eigenvalue weighted by Gasteiger charge is -2.20. The molecule has 2 bridgehead atoms. The van der Waals surface area contributed by atoms with Gasteiger partial charge in [-0.1, -0.05) is 37.3 Å². The van der Waals surface area contributed by atoms with Crippen LogP contribution in [0.2, 0.25) is 0 Å². The predicted molar refractivity (Wildman–Crippen MR) is 74.2 cm³/mol. The third kappa shape index (κ3) is 1.56. The van der Waals surface area contributed by atoms with Crippen molar-refractivity contribution in [1.29, 1.82) is 0 Å². The number of benzene rings is 1. The Labute approximate surface area is 110 Å². The molecule has 1 heteroatoms. The number of hydrogen-bond donors (Lipinski definition) is 1. The second-order valence-corrected chi connectivity index (χ2v) is 6.55. The number of fused-ring (bicyclic) bond motifs is 5. The SMILES string of the molecule is CCC(NC1C2C3CCC(C3)C12)c1ccccc1. The molecule has 1 nitrogen and oxygen atoms in total. The van der Waals surface area contributed by atoms with Crippen molar-refractivity contribution in [3.63, 3.8) is 0 Å². The molecule has 1 aromatic carbocycles. The van der Waals surface area contributed by atoms with Gasteiger partial charge in [-0.15, -0.1) is 0 Å². The molecule has 96 valence electrons. The molecule has 3 fully saturated rings. The molecule has 3 aliphatic rings. The summed E-state index contributed by atoms with van der Waals surface area (Å²) in [5.41, 5.74) is 1.47. The Bertz CT molecular complexity index is 410. The van der Waals surface area contributed by atoms with E-state index in [1.54, 1.807) is 6.42 Å². The molecule has 1 aromatic rings. The fourth-order valence-corrected chi connectivity index (χ4v) is 4.92. The number of hydrogen-bond acceptors (Lipinski definition) is 1. The van der Waals surface area contributed by atoms with E-state index in [1.807, 2.05) is 0 Å². The first-order chi connectivity index (χ1) is 8.88. The van der Waals surface area contributed by atoms with Gasteiger partial charge in [-0.2, -0.15) is 0 Å². The van der Waals surface area contributed by atoms with Crippen molar-refractivity contribution in [2.75, 3.05) is 0 Å². The van der Waals surface area contributed by atoms with Gasteiger partial charge in [-0.05, 0) is 54.9 Å². The molecule has 0 aromatic heterocycles. The van der Waals surface area contributed by atoms with Crippen LogP contribution in [0.15, 0.2) is 30.3 Å². The zero-order valence-electron chi connectivity index (χ0n) is 11.2. The highest BCUT2D eigenvalue weighted by Gasteiger charge is 2.64. The second-order valence-electron chi connectivity index (χ2n) is 6.55. The van der Waals surface area contributed by atoms with E-state index in [4.69, 9.17) is 0 Å². The van der Waals surface area contributed by atoms with Gasteiger partial charge in [0.1, 0.15) is 0 Å². The van der Waals surface area contributed by atoms with Gasteiger partial charge in [0.25, 0.3) is 0 Å². The summed E-state index contributed by atoms with van der Waals surface area (Å²) in [6, 6.07) is 12.4. The first-order valence-electron chi connectivity index (χ1n) is 7.69. The van der Waals surface area contributed by atoms with E-state index in [1.165, 1.54) is 24.8 Å². The van der Waals surface area contributed by atoms with Gasteiger partial charge >= 0.3 is 0 Å². The first kappa shape index (κ1) is 11.0. The van der Waals surface area contributed by atoms with Gasteiger partial charge in [0.2, 0.25) is 0 Å². The molecule has 0 aliphatic heterocycles. The lowest BCUT2D eigenvalue weighted by atomic mass is 10.0. The van der Waals surface area contributed by atoms with Crippen LogP contribution >= 0.6 is 0 Å². The van der Waals surface area contributed by atoms with E-state index in [0.29, 0.717) is 6.04 Å². The minimum Gasteiger partial charge on any atom is -0.307 e. The molecule has 0 radical (unpaired) electrons. The van der Waals surface area contributed by atoms with Gasteiger partial charge in [-0.25, -0.2) is 0 Å². The Kier molecular flexibility index (Phi) is 2.51. The molecule has 4 rings (SSSR count). The maximum Gasteiger partial charge on any atom is 0.0320 e. The second kappa shape index (κ2) is 4.09. The molecular weight excluding hydrogens is 218 g/mol. The van der Waals surface area contributed by atoms with Crippen molar-refractivity contribution in [2.24, 2.45) is 23.7 Å². The average Bonchev–Trinajstić information content (AvgIpc) is 2.82. The van der Waals surface area contributed by atoms with E-state index in [2.05, 4.69) is 42.6 Å². The summed E-state index contributed by atoms with van der Waals surface area (Å²) < 4.78 is 0. The summed E-state index contributed by atoms with van der Waals surface area (Å²) >= 11 is 0. The van der Waals surface area contributed by atoms with Gasteiger partial charge in [0, 0.05) is 12.1 Å². The zero-order valence-corrected chi connectivity index (χ0v) is 11.2.